The van der Waals surface area contributed by atoms with Crippen molar-refractivity contribution in [1.82, 2.24) is 19.9 Å². The molecular weight excluding hydrogens is 418 g/mol. The Hall–Kier alpha value is -3.52. The van der Waals surface area contributed by atoms with Crippen LogP contribution in [0.2, 0.25) is 0 Å². The van der Waals surface area contributed by atoms with E-state index in [0.29, 0.717) is 25.4 Å². The van der Waals surface area contributed by atoms with Gasteiger partial charge >= 0.3 is 0 Å². The fraction of sp³-hybridized carbons (Fsp3) is 0.360. The summed E-state index contributed by atoms with van der Waals surface area (Å²) in [4.78, 5) is 28.0. The summed E-state index contributed by atoms with van der Waals surface area (Å²) in [6, 6.07) is 11.6. The maximum absolute atomic E-state index is 13.4. The first-order valence-electron chi connectivity index (χ1n) is 10.9. The molecule has 4 rings (SSSR count). The van der Waals surface area contributed by atoms with E-state index in [9.17, 15) is 4.79 Å². The van der Waals surface area contributed by atoms with Crippen LogP contribution in [0.1, 0.15) is 36.9 Å². The molecule has 0 aliphatic carbocycles. The van der Waals surface area contributed by atoms with Gasteiger partial charge in [0, 0.05) is 30.2 Å². The van der Waals surface area contributed by atoms with Gasteiger partial charge in [0.25, 0.3) is 5.91 Å². The quantitative estimate of drug-likeness (QED) is 0.638. The first kappa shape index (κ1) is 22.7. The summed E-state index contributed by atoms with van der Waals surface area (Å²) in [5.41, 5.74) is 9.05. The van der Waals surface area contributed by atoms with Gasteiger partial charge in [-0.25, -0.2) is 9.97 Å². The molecule has 8 heteroatoms. The van der Waals surface area contributed by atoms with Gasteiger partial charge in [-0.15, -0.1) is 0 Å². The van der Waals surface area contributed by atoms with Gasteiger partial charge in [0.15, 0.2) is 5.60 Å². The van der Waals surface area contributed by atoms with Crippen LogP contribution in [0.3, 0.4) is 0 Å². The van der Waals surface area contributed by atoms with Crippen LogP contribution in [0, 0.1) is 13.8 Å². The third kappa shape index (κ3) is 5.28. The van der Waals surface area contributed by atoms with Gasteiger partial charge in [-0.1, -0.05) is 12.1 Å². The highest BCUT2D eigenvalue weighted by Crippen LogP contribution is 2.28. The number of benzene rings is 1. The van der Waals surface area contributed by atoms with E-state index in [0.717, 1.165) is 28.1 Å². The molecule has 0 saturated carbocycles. The maximum Gasteiger partial charge on any atom is 0.266 e. The molecule has 2 aromatic heterocycles. The summed E-state index contributed by atoms with van der Waals surface area (Å²) in [6.45, 7) is 8.84. The summed E-state index contributed by atoms with van der Waals surface area (Å²) < 4.78 is 12.1. The lowest BCUT2D eigenvalue weighted by molar-refractivity contribution is -0.153. The van der Waals surface area contributed by atoms with Crippen molar-refractivity contribution in [2.24, 2.45) is 0 Å². The van der Waals surface area contributed by atoms with Crippen molar-refractivity contribution in [2.75, 3.05) is 25.4 Å². The van der Waals surface area contributed by atoms with Crippen LogP contribution in [0.4, 0.5) is 5.95 Å². The molecule has 3 aromatic rings. The molecule has 1 aliphatic rings. The smallest absolute Gasteiger partial charge is 0.266 e. The molecule has 1 atom stereocenters. The van der Waals surface area contributed by atoms with Gasteiger partial charge in [-0.3, -0.25) is 9.78 Å². The Morgan fingerprint density at radius 3 is 2.64 bits per heavy atom. The number of nitrogens with zero attached hydrogens (tertiary/aromatic N) is 4. The Morgan fingerprint density at radius 2 is 1.91 bits per heavy atom. The number of ether oxygens (including phenoxy) is 2. The Morgan fingerprint density at radius 1 is 1.15 bits per heavy atom. The molecule has 0 unspecified atom stereocenters. The average molecular weight is 448 g/mol. The monoisotopic (exact) mass is 447 g/mol. The standard InChI is InChI=1S/C25H29N5O3/c1-16-6-5-7-20(10-16)33-25(3,4)23(31)30-8-9-32-22(15-30)21-12-18(11-17(2)29-21)19-13-27-24(26)28-14-19/h5-7,10-14,22H,8-9,15H2,1-4H3,(H2,26,27,28)/t22-/m1/s1. The lowest BCUT2D eigenvalue weighted by Crippen LogP contribution is -2.53. The minimum atomic E-state index is -1.01. The second-order valence-electron chi connectivity index (χ2n) is 8.79. The van der Waals surface area contributed by atoms with Crippen LogP contribution >= 0.6 is 0 Å². The van der Waals surface area contributed by atoms with Crippen LogP contribution in [0.5, 0.6) is 5.75 Å². The highest BCUT2D eigenvalue weighted by atomic mass is 16.5. The molecule has 0 radical (unpaired) electrons. The number of amides is 1. The van der Waals surface area contributed by atoms with Crippen molar-refractivity contribution in [1.29, 1.82) is 0 Å². The van der Waals surface area contributed by atoms with E-state index in [4.69, 9.17) is 15.2 Å². The maximum atomic E-state index is 13.4. The fourth-order valence-corrected chi connectivity index (χ4v) is 3.92. The van der Waals surface area contributed by atoms with Crippen LogP contribution < -0.4 is 10.5 Å². The Bertz CT molecular complexity index is 1150. The molecule has 172 valence electrons. The van der Waals surface area contributed by atoms with E-state index >= 15 is 0 Å². The number of aryl methyl sites for hydroxylation is 2. The molecule has 1 fully saturated rings. The number of carbonyl (C=O) groups excluding carboxylic acids is 1. The zero-order valence-electron chi connectivity index (χ0n) is 19.4. The van der Waals surface area contributed by atoms with E-state index < -0.39 is 5.60 Å². The minimum absolute atomic E-state index is 0.0860. The number of aromatic nitrogens is 3. The number of carbonyl (C=O) groups is 1. The number of rotatable bonds is 5. The zero-order valence-corrected chi connectivity index (χ0v) is 19.4. The second-order valence-corrected chi connectivity index (χ2v) is 8.79. The predicted molar refractivity (Wildman–Crippen MR) is 126 cm³/mol. The third-order valence-corrected chi connectivity index (χ3v) is 5.54. The van der Waals surface area contributed by atoms with E-state index in [1.54, 1.807) is 31.1 Å². The topological polar surface area (TPSA) is 103 Å². The molecule has 33 heavy (non-hydrogen) atoms. The first-order chi connectivity index (χ1) is 15.7. The first-order valence-corrected chi connectivity index (χ1v) is 10.9. The summed E-state index contributed by atoms with van der Waals surface area (Å²) in [5.74, 6) is 0.816. The molecule has 0 spiro atoms. The summed E-state index contributed by atoms with van der Waals surface area (Å²) >= 11 is 0. The minimum Gasteiger partial charge on any atom is -0.478 e. The lowest BCUT2D eigenvalue weighted by atomic mass is 10.0. The summed E-state index contributed by atoms with van der Waals surface area (Å²) in [6.07, 6.45) is 3.03. The van der Waals surface area contributed by atoms with Crippen molar-refractivity contribution < 1.29 is 14.3 Å². The van der Waals surface area contributed by atoms with Crippen LogP contribution in [-0.2, 0) is 9.53 Å². The zero-order chi connectivity index (χ0) is 23.6. The molecule has 8 nitrogen and oxygen atoms in total. The summed E-state index contributed by atoms with van der Waals surface area (Å²) in [7, 11) is 0. The van der Waals surface area contributed by atoms with Crippen LogP contribution in [-0.4, -0.2) is 51.1 Å². The molecule has 1 aliphatic heterocycles. The van der Waals surface area contributed by atoms with E-state index in [1.807, 2.05) is 50.2 Å². The molecular formula is C25H29N5O3. The number of pyridine rings is 1. The van der Waals surface area contributed by atoms with E-state index in [2.05, 4.69) is 15.0 Å². The van der Waals surface area contributed by atoms with Gasteiger partial charge in [-0.2, -0.15) is 0 Å². The van der Waals surface area contributed by atoms with Crippen molar-refractivity contribution in [3.8, 4) is 16.9 Å². The Labute approximate surface area is 193 Å². The third-order valence-electron chi connectivity index (χ3n) is 5.54. The van der Waals surface area contributed by atoms with Gasteiger partial charge < -0.3 is 20.1 Å². The van der Waals surface area contributed by atoms with Crippen molar-refractivity contribution in [3.05, 3.63) is 65.7 Å². The van der Waals surface area contributed by atoms with Crippen molar-refractivity contribution in [3.63, 3.8) is 0 Å². The lowest BCUT2D eigenvalue weighted by Gasteiger charge is -2.37. The normalized spacial score (nSPS) is 16.5. The second kappa shape index (κ2) is 9.15. The Balaban J connectivity index is 1.52. The van der Waals surface area contributed by atoms with Crippen molar-refractivity contribution in [2.45, 2.75) is 39.4 Å². The van der Waals surface area contributed by atoms with Gasteiger partial charge in [-0.05, 0) is 63.1 Å². The molecule has 0 bridgehead atoms. The SMILES string of the molecule is Cc1cccc(OC(C)(C)C(=O)N2CCO[C@@H](c3cc(-c4cnc(N)nc4)cc(C)n3)C2)c1. The molecule has 1 aromatic carbocycles. The number of hydrogen-bond donors (Lipinski definition) is 1. The Kier molecular flexibility index (Phi) is 6.29. The van der Waals surface area contributed by atoms with Gasteiger partial charge in [0.1, 0.15) is 11.9 Å². The number of morpholine rings is 1. The number of anilines is 1. The summed E-state index contributed by atoms with van der Waals surface area (Å²) in [5, 5.41) is 0. The van der Waals surface area contributed by atoms with E-state index in [1.165, 1.54) is 0 Å². The van der Waals surface area contributed by atoms with Crippen LogP contribution in [0.15, 0.2) is 48.8 Å². The predicted octanol–water partition coefficient (Wildman–Crippen LogP) is 3.50. The molecule has 1 amide bonds. The van der Waals surface area contributed by atoms with Gasteiger partial charge in [0.05, 0.1) is 18.8 Å². The number of nitrogens with two attached hydrogens (primary N) is 1. The molecule has 1 saturated heterocycles. The number of hydrogen-bond acceptors (Lipinski definition) is 7. The van der Waals surface area contributed by atoms with Crippen LogP contribution in [0.25, 0.3) is 11.1 Å². The largest absolute Gasteiger partial charge is 0.478 e. The van der Waals surface area contributed by atoms with Crippen molar-refractivity contribution >= 4 is 11.9 Å². The number of nitrogen functional groups attached to an aromatic ring is 1. The highest BCUT2D eigenvalue weighted by Gasteiger charge is 2.37. The van der Waals surface area contributed by atoms with E-state index in [-0.39, 0.29) is 18.0 Å². The van der Waals surface area contributed by atoms with Gasteiger partial charge in [0.2, 0.25) is 5.95 Å². The fourth-order valence-electron chi connectivity index (χ4n) is 3.92. The molecule has 3 heterocycles. The highest BCUT2D eigenvalue weighted by molar-refractivity contribution is 5.85. The average Bonchev–Trinajstić information content (AvgIpc) is 2.78. The molecule has 2 N–H and O–H groups in total.